The highest BCUT2D eigenvalue weighted by atomic mass is 16.2. The third-order valence-electron chi connectivity index (χ3n) is 3.07. The average molecular weight is 276 g/mol. The SMILES string of the molecule is CCCNC(=O)c1ccc2c(=O)n(C)c(=O)n(C)c2n1. The van der Waals surface area contributed by atoms with Crippen molar-refractivity contribution in [1.29, 1.82) is 0 Å². The molecule has 0 aliphatic carbocycles. The number of carbonyl (C=O) groups excluding carboxylic acids is 1. The van der Waals surface area contributed by atoms with Gasteiger partial charge in [-0.2, -0.15) is 0 Å². The lowest BCUT2D eigenvalue weighted by atomic mass is 10.2. The third kappa shape index (κ3) is 2.22. The molecule has 2 rings (SSSR count). The Morgan fingerprint density at radius 1 is 1.25 bits per heavy atom. The van der Waals surface area contributed by atoms with Gasteiger partial charge >= 0.3 is 5.69 Å². The molecule has 1 N–H and O–H groups in total. The number of aromatic nitrogens is 3. The summed E-state index contributed by atoms with van der Waals surface area (Å²) >= 11 is 0. The summed E-state index contributed by atoms with van der Waals surface area (Å²) in [7, 11) is 2.93. The van der Waals surface area contributed by atoms with Gasteiger partial charge in [-0.1, -0.05) is 6.92 Å². The van der Waals surface area contributed by atoms with Crippen molar-refractivity contribution in [3.05, 3.63) is 38.7 Å². The minimum atomic E-state index is -0.471. The van der Waals surface area contributed by atoms with Crippen molar-refractivity contribution in [2.45, 2.75) is 13.3 Å². The average Bonchev–Trinajstić information content (AvgIpc) is 2.47. The van der Waals surface area contributed by atoms with E-state index in [-0.39, 0.29) is 17.2 Å². The smallest absolute Gasteiger partial charge is 0.332 e. The number of fused-ring (bicyclic) bond motifs is 1. The van der Waals surface area contributed by atoms with Gasteiger partial charge in [0.1, 0.15) is 11.3 Å². The maximum atomic E-state index is 12.0. The first-order chi connectivity index (χ1) is 9.47. The zero-order valence-corrected chi connectivity index (χ0v) is 11.6. The normalized spacial score (nSPS) is 10.8. The van der Waals surface area contributed by atoms with Crippen molar-refractivity contribution < 1.29 is 4.79 Å². The molecule has 2 heterocycles. The van der Waals surface area contributed by atoms with Crippen molar-refractivity contribution in [2.24, 2.45) is 14.1 Å². The summed E-state index contributed by atoms with van der Waals surface area (Å²) in [5.41, 5.74) is -0.492. The van der Waals surface area contributed by atoms with Crippen molar-refractivity contribution in [3.63, 3.8) is 0 Å². The number of carbonyl (C=O) groups is 1. The monoisotopic (exact) mass is 276 g/mol. The molecular formula is C13H16N4O3. The number of nitrogens with zero attached hydrogens (tertiary/aromatic N) is 3. The van der Waals surface area contributed by atoms with Gasteiger partial charge in [-0.3, -0.25) is 18.7 Å². The van der Waals surface area contributed by atoms with E-state index in [1.807, 2.05) is 6.92 Å². The van der Waals surface area contributed by atoms with Gasteiger partial charge < -0.3 is 5.32 Å². The Hall–Kier alpha value is -2.44. The van der Waals surface area contributed by atoms with E-state index in [1.165, 1.54) is 30.8 Å². The molecule has 0 saturated heterocycles. The maximum Gasteiger partial charge on any atom is 0.332 e. The van der Waals surface area contributed by atoms with E-state index in [0.717, 1.165) is 11.0 Å². The molecule has 0 aliphatic rings. The lowest BCUT2D eigenvalue weighted by molar-refractivity contribution is 0.0949. The molecule has 20 heavy (non-hydrogen) atoms. The molecule has 1 amide bonds. The van der Waals surface area contributed by atoms with Crippen LogP contribution >= 0.6 is 0 Å². The fourth-order valence-corrected chi connectivity index (χ4v) is 1.91. The van der Waals surface area contributed by atoms with Crippen LogP contribution in [0, 0.1) is 0 Å². The highest BCUT2D eigenvalue weighted by Crippen LogP contribution is 2.06. The molecule has 0 aromatic carbocycles. The minimum Gasteiger partial charge on any atom is -0.351 e. The van der Waals surface area contributed by atoms with Gasteiger partial charge in [0.25, 0.3) is 11.5 Å². The number of hydrogen-bond donors (Lipinski definition) is 1. The van der Waals surface area contributed by atoms with Gasteiger partial charge in [-0.25, -0.2) is 9.78 Å². The third-order valence-corrected chi connectivity index (χ3v) is 3.07. The molecule has 0 atom stereocenters. The van der Waals surface area contributed by atoms with Crippen LogP contribution in [0.15, 0.2) is 21.7 Å². The summed E-state index contributed by atoms with van der Waals surface area (Å²) in [6, 6.07) is 3.00. The molecular weight excluding hydrogens is 260 g/mol. The van der Waals surface area contributed by atoms with E-state index < -0.39 is 11.2 Å². The zero-order chi connectivity index (χ0) is 14.9. The van der Waals surface area contributed by atoms with Crippen LogP contribution in [0.4, 0.5) is 0 Å². The van der Waals surface area contributed by atoms with Crippen LogP contribution in [-0.4, -0.2) is 26.6 Å². The van der Waals surface area contributed by atoms with Crippen LogP contribution < -0.4 is 16.6 Å². The summed E-state index contributed by atoms with van der Waals surface area (Å²) in [5, 5.41) is 3.01. The second-order valence-electron chi connectivity index (χ2n) is 4.53. The van der Waals surface area contributed by atoms with Gasteiger partial charge in [0, 0.05) is 20.6 Å². The van der Waals surface area contributed by atoms with Crippen LogP contribution in [0.3, 0.4) is 0 Å². The van der Waals surface area contributed by atoms with E-state index in [0.29, 0.717) is 11.9 Å². The van der Waals surface area contributed by atoms with Crippen molar-refractivity contribution in [2.75, 3.05) is 6.54 Å². The van der Waals surface area contributed by atoms with Gasteiger partial charge in [-0.15, -0.1) is 0 Å². The lowest BCUT2D eigenvalue weighted by Crippen LogP contribution is -2.37. The number of pyridine rings is 1. The molecule has 7 heteroatoms. The fourth-order valence-electron chi connectivity index (χ4n) is 1.91. The van der Waals surface area contributed by atoms with Crippen molar-refractivity contribution in [1.82, 2.24) is 19.4 Å². The van der Waals surface area contributed by atoms with E-state index >= 15 is 0 Å². The van der Waals surface area contributed by atoms with Crippen LogP contribution in [0.2, 0.25) is 0 Å². The summed E-state index contributed by atoms with van der Waals surface area (Å²) in [6.45, 7) is 2.50. The zero-order valence-electron chi connectivity index (χ0n) is 11.6. The first kappa shape index (κ1) is 14.0. The largest absolute Gasteiger partial charge is 0.351 e. The second-order valence-corrected chi connectivity index (χ2v) is 4.53. The summed E-state index contributed by atoms with van der Waals surface area (Å²) < 4.78 is 2.27. The Kier molecular flexibility index (Phi) is 3.69. The summed E-state index contributed by atoms with van der Waals surface area (Å²) in [6.07, 6.45) is 0.818. The van der Waals surface area contributed by atoms with Crippen LogP contribution in [0.5, 0.6) is 0 Å². The standard InChI is InChI=1S/C13H16N4O3/c1-4-7-14-11(18)9-6-5-8-10(15-9)16(2)13(20)17(3)12(8)19/h5-6H,4,7H2,1-3H3,(H,14,18). The topological polar surface area (TPSA) is 86.0 Å². The highest BCUT2D eigenvalue weighted by molar-refractivity contribution is 5.94. The molecule has 7 nitrogen and oxygen atoms in total. The molecule has 0 aliphatic heterocycles. The Balaban J connectivity index is 2.63. The predicted octanol–water partition coefficient (Wildman–Crippen LogP) is -0.228. The highest BCUT2D eigenvalue weighted by Gasteiger charge is 2.13. The second kappa shape index (κ2) is 5.28. The molecule has 0 spiro atoms. The molecule has 2 aromatic heterocycles. The molecule has 0 radical (unpaired) electrons. The first-order valence-corrected chi connectivity index (χ1v) is 6.32. The van der Waals surface area contributed by atoms with Crippen LogP contribution in [0.1, 0.15) is 23.8 Å². The summed E-state index contributed by atoms with van der Waals surface area (Å²) in [4.78, 5) is 39.8. The van der Waals surface area contributed by atoms with Crippen molar-refractivity contribution >= 4 is 16.9 Å². The lowest BCUT2D eigenvalue weighted by Gasteiger charge is -2.08. The quantitative estimate of drug-likeness (QED) is 0.839. The van der Waals surface area contributed by atoms with E-state index in [2.05, 4.69) is 10.3 Å². The number of rotatable bonds is 3. The molecule has 0 fully saturated rings. The predicted molar refractivity (Wildman–Crippen MR) is 74.8 cm³/mol. The molecule has 106 valence electrons. The van der Waals surface area contributed by atoms with Crippen molar-refractivity contribution in [3.8, 4) is 0 Å². The van der Waals surface area contributed by atoms with Crippen LogP contribution in [-0.2, 0) is 14.1 Å². The number of aryl methyl sites for hydroxylation is 1. The first-order valence-electron chi connectivity index (χ1n) is 6.32. The van der Waals surface area contributed by atoms with Gasteiger partial charge in [-0.05, 0) is 18.6 Å². The number of amides is 1. The number of nitrogens with one attached hydrogen (secondary N) is 1. The number of hydrogen-bond acceptors (Lipinski definition) is 4. The minimum absolute atomic E-state index is 0.189. The van der Waals surface area contributed by atoms with E-state index in [1.54, 1.807) is 0 Å². The van der Waals surface area contributed by atoms with Gasteiger partial charge in [0.15, 0.2) is 0 Å². The Bertz CT molecular complexity index is 789. The van der Waals surface area contributed by atoms with E-state index in [4.69, 9.17) is 0 Å². The fraction of sp³-hybridized carbons (Fsp3) is 0.385. The Morgan fingerprint density at radius 2 is 1.95 bits per heavy atom. The van der Waals surface area contributed by atoms with E-state index in [9.17, 15) is 14.4 Å². The van der Waals surface area contributed by atoms with Gasteiger partial charge in [0.05, 0.1) is 5.39 Å². The molecule has 0 bridgehead atoms. The Morgan fingerprint density at radius 3 is 2.60 bits per heavy atom. The van der Waals surface area contributed by atoms with Gasteiger partial charge in [0.2, 0.25) is 0 Å². The Labute approximate surface area is 114 Å². The molecule has 2 aromatic rings. The molecule has 0 unspecified atom stereocenters. The molecule has 0 saturated carbocycles. The summed E-state index contributed by atoms with van der Waals surface area (Å²) in [5.74, 6) is -0.318. The van der Waals surface area contributed by atoms with Crippen LogP contribution in [0.25, 0.3) is 11.0 Å². The maximum absolute atomic E-state index is 12.0.